The molecule has 3 aromatic rings. The van der Waals surface area contributed by atoms with Gasteiger partial charge in [0.05, 0.1) is 16.5 Å². The maximum absolute atomic E-state index is 13.3. The summed E-state index contributed by atoms with van der Waals surface area (Å²) in [5.41, 5.74) is 3.96. The third kappa shape index (κ3) is 4.88. The van der Waals surface area contributed by atoms with E-state index >= 15 is 0 Å². The number of benzene rings is 2. The predicted octanol–water partition coefficient (Wildman–Crippen LogP) is 4.60. The maximum Gasteiger partial charge on any atom is 0.335 e. The summed E-state index contributed by atoms with van der Waals surface area (Å²) in [7, 11) is -2.56. The van der Waals surface area contributed by atoms with E-state index in [1.165, 1.54) is 32.1 Å². The van der Waals surface area contributed by atoms with Gasteiger partial charge in [0, 0.05) is 29.9 Å². The van der Waals surface area contributed by atoms with Crippen LogP contribution in [0.2, 0.25) is 0 Å². The molecule has 0 bridgehead atoms. The molecule has 9 heteroatoms. The first kappa shape index (κ1) is 23.6. The zero-order valence-electron chi connectivity index (χ0n) is 18.2. The zero-order valence-corrected chi connectivity index (χ0v) is 19.1. The van der Waals surface area contributed by atoms with Gasteiger partial charge in [0.1, 0.15) is 5.82 Å². The Morgan fingerprint density at radius 3 is 2.28 bits per heavy atom. The second-order valence-corrected chi connectivity index (χ2v) is 10.2. The first-order valence-electron chi connectivity index (χ1n) is 9.85. The lowest BCUT2D eigenvalue weighted by atomic mass is 10.0. The molecule has 0 aliphatic heterocycles. The van der Waals surface area contributed by atoms with Gasteiger partial charge < -0.3 is 15.1 Å². The molecule has 0 radical (unpaired) electrons. The van der Waals surface area contributed by atoms with Crippen LogP contribution in [0.15, 0.2) is 54.6 Å². The van der Waals surface area contributed by atoms with E-state index in [1.54, 1.807) is 54.2 Å². The molecule has 3 N–H and O–H groups in total. The van der Waals surface area contributed by atoms with Crippen LogP contribution in [0, 0.1) is 12.7 Å². The molecule has 1 heterocycles. The van der Waals surface area contributed by atoms with Crippen molar-refractivity contribution in [2.24, 2.45) is 7.05 Å². The third-order valence-electron chi connectivity index (χ3n) is 5.37. The van der Waals surface area contributed by atoms with Crippen LogP contribution >= 0.6 is 7.60 Å². The molecule has 0 atom stereocenters. The molecule has 0 aliphatic rings. The molecule has 32 heavy (non-hydrogen) atoms. The number of nitrogens with one attached hydrogen (secondary N) is 1. The van der Waals surface area contributed by atoms with E-state index in [2.05, 4.69) is 10.4 Å². The summed E-state index contributed by atoms with van der Waals surface area (Å²) in [5, 5.41) is 5.80. The Labute approximate surface area is 185 Å². The Hall–Kier alpha value is -3.06. The van der Waals surface area contributed by atoms with Crippen LogP contribution in [0.5, 0.6) is 0 Å². The zero-order chi connectivity index (χ0) is 23.7. The second kappa shape index (κ2) is 8.82. The fourth-order valence-electron chi connectivity index (χ4n) is 3.30. The van der Waals surface area contributed by atoms with Crippen LogP contribution in [0.4, 0.5) is 10.1 Å². The van der Waals surface area contributed by atoms with Crippen molar-refractivity contribution in [1.82, 2.24) is 9.78 Å². The van der Waals surface area contributed by atoms with E-state index in [1.807, 2.05) is 6.92 Å². The van der Waals surface area contributed by atoms with Gasteiger partial charge in [-0.2, -0.15) is 5.10 Å². The average molecular weight is 457 g/mol. The maximum atomic E-state index is 13.3. The lowest BCUT2D eigenvalue weighted by Crippen LogP contribution is -2.17. The van der Waals surface area contributed by atoms with Gasteiger partial charge in [-0.1, -0.05) is 12.1 Å². The molecule has 0 aliphatic carbocycles. The van der Waals surface area contributed by atoms with Crippen molar-refractivity contribution in [3.8, 4) is 11.3 Å². The van der Waals surface area contributed by atoms with Crippen molar-refractivity contribution in [1.29, 1.82) is 0 Å². The Kier molecular flexibility index (Phi) is 6.51. The smallest absolute Gasteiger partial charge is 0.324 e. The SMILES string of the molecule is Cc1nn(C)c(-c2ccc(F)cc2)c1/C=C/C(=O)Nc1ccc(C(C)(C)P(=O)(O)O)cc1. The number of amides is 1. The van der Waals surface area contributed by atoms with Gasteiger partial charge in [-0.25, -0.2) is 4.39 Å². The Morgan fingerprint density at radius 2 is 1.72 bits per heavy atom. The van der Waals surface area contributed by atoms with Crippen LogP contribution in [-0.2, 0) is 21.6 Å². The molecule has 0 saturated carbocycles. The van der Waals surface area contributed by atoms with Crippen molar-refractivity contribution >= 4 is 25.3 Å². The molecular weight excluding hydrogens is 432 g/mol. The van der Waals surface area contributed by atoms with Gasteiger partial charge in [0.2, 0.25) is 5.91 Å². The number of rotatable bonds is 6. The normalized spacial score (nSPS) is 12.3. The summed E-state index contributed by atoms with van der Waals surface area (Å²) < 4.78 is 26.7. The summed E-state index contributed by atoms with van der Waals surface area (Å²) in [4.78, 5) is 31.5. The number of aryl methyl sites for hydroxylation is 2. The minimum Gasteiger partial charge on any atom is -0.324 e. The van der Waals surface area contributed by atoms with E-state index in [0.29, 0.717) is 11.3 Å². The van der Waals surface area contributed by atoms with Crippen LogP contribution in [0.25, 0.3) is 17.3 Å². The Morgan fingerprint density at radius 1 is 1.12 bits per heavy atom. The van der Waals surface area contributed by atoms with Crippen LogP contribution < -0.4 is 5.32 Å². The first-order valence-corrected chi connectivity index (χ1v) is 11.5. The monoisotopic (exact) mass is 457 g/mol. The molecule has 168 valence electrons. The molecule has 3 rings (SSSR count). The summed E-state index contributed by atoms with van der Waals surface area (Å²) in [6.45, 7) is 4.77. The molecule has 0 fully saturated rings. The highest BCUT2D eigenvalue weighted by molar-refractivity contribution is 7.53. The third-order valence-corrected chi connectivity index (χ3v) is 7.09. The van der Waals surface area contributed by atoms with E-state index in [0.717, 1.165) is 22.5 Å². The number of nitrogens with zero attached hydrogens (tertiary/aromatic N) is 2. The summed E-state index contributed by atoms with van der Waals surface area (Å²) in [6.07, 6.45) is 3.03. The first-order chi connectivity index (χ1) is 14.9. The standard InChI is InChI=1S/C23H25FN3O4P/c1-15-20(22(27(4)26-15)16-5-9-18(24)10-6-16)13-14-21(28)25-19-11-7-17(8-12-19)23(2,3)32(29,30)31/h5-14H,1-4H3,(H,25,28)(H2,29,30,31)/b14-13+. The Balaban J connectivity index is 1.78. The van der Waals surface area contributed by atoms with Gasteiger partial charge in [0.15, 0.2) is 0 Å². The van der Waals surface area contributed by atoms with E-state index < -0.39 is 12.8 Å². The van der Waals surface area contributed by atoms with Crippen molar-refractivity contribution in [3.63, 3.8) is 0 Å². The molecular formula is C23H25FN3O4P. The van der Waals surface area contributed by atoms with Crippen molar-refractivity contribution in [2.75, 3.05) is 5.32 Å². The summed E-state index contributed by atoms with van der Waals surface area (Å²) >= 11 is 0. The van der Waals surface area contributed by atoms with Gasteiger partial charge in [-0.15, -0.1) is 0 Å². The second-order valence-electron chi connectivity index (χ2n) is 7.98. The number of carbonyl (C=O) groups is 1. The topological polar surface area (TPSA) is 104 Å². The van der Waals surface area contributed by atoms with Gasteiger partial charge >= 0.3 is 7.60 Å². The van der Waals surface area contributed by atoms with Crippen LogP contribution in [0.1, 0.15) is 30.7 Å². The van der Waals surface area contributed by atoms with Crippen LogP contribution in [0.3, 0.4) is 0 Å². The molecule has 0 spiro atoms. The van der Waals surface area contributed by atoms with Crippen LogP contribution in [-0.4, -0.2) is 25.5 Å². The highest BCUT2D eigenvalue weighted by Crippen LogP contribution is 2.56. The predicted molar refractivity (Wildman–Crippen MR) is 123 cm³/mol. The minimum absolute atomic E-state index is 0.334. The highest BCUT2D eigenvalue weighted by atomic mass is 31.2. The minimum atomic E-state index is -4.34. The quantitative estimate of drug-likeness (QED) is 0.371. The summed E-state index contributed by atoms with van der Waals surface area (Å²) in [6, 6.07) is 12.4. The largest absolute Gasteiger partial charge is 0.335 e. The van der Waals surface area contributed by atoms with E-state index in [-0.39, 0.29) is 11.7 Å². The lowest BCUT2D eigenvalue weighted by molar-refractivity contribution is -0.111. The average Bonchev–Trinajstić information content (AvgIpc) is 2.99. The fourth-order valence-corrected chi connectivity index (χ4v) is 3.78. The lowest BCUT2D eigenvalue weighted by Gasteiger charge is -2.26. The number of aromatic nitrogens is 2. The number of hydrogen-bond acceptors (Lipinski definition) is 3. The number of hydrogen-bond donors (Lipinski definition) is 3. The van der Waals surface area contributed by atoms with E-state index in [4.69, 9.17) is 0 Å². The molecule has 7 nitrogen and oxygen atoms in total. The van der Waals surface area contributed by atoms with Gasteiger partial charge in [-0.3, -0.25) is 14.0 Å². The van der Waals surface area contributed by atoms with Crippen molar-refractivity contribution in [3.05, 3.63) is 77.2 Å². The molecule has 0 unspecified atom stereocenters. The van der Waals surface area contributed by atoms with Crippen molar-refractivity contribution < 1.29 is 23.5 Å². The fraction of sp³-hybridized carbons (Fsp3) is 0.217. The molecule has 1 aromatic heterocycles. The van der Waals surface area contributed by atoms with E-state index in [9.17, 15) is 23.5 Å². The van der Waals surface area contributed by atoms with Crippen molar-refractivity contribution in [2.45, 2.75) is 25.9 Å². The highest BCUT2D eigenvalue weighted by Gasteiger charge is 2.39. The van der Waals surface area contributed by atoms with Gasteiger partial charge in [-0.05, 0) is 68.8 Å². The number of anilines is 1. The summed E-state index contributed by atoms with van der Waals surface area (Å²) in [5.74, 6) is -0.709. The number of carbonyl (C=O) groups excluding carboxylic acids is 1. The Bertz CT molecular complexity index is 1210. The van der Waals surface area contributed by atoms with Gasteiger partial charge in [0.25, 0.3) is 0 Å². The molecule has 0 saturated heterocycles. The molecule has 2 aromatic carbocycles. The molecule has 1 amide bonds. The number of halogens is 1.